The Kier molecular flexibility index (Phi) is 4.39. The third-order valence-electron chi connectivity index (χ3n) is 2.91. The second-order valence-corrected chi connectivity index (χ2v) is 4.61. The standard InChI is InChI=1S/C14H20N4O/c1-3-13-17-12(15)9-14(18-13)16-10(2)6-7-11-5-4-8-19-11/h4-5,8-10H,3,6-7H2,1-2H3,(H3,15,16,17,18). The van der Waals surface area contributed by atoms with E-state index in [1.807, 2.05) is 19.1 Å². The van der Waals surface area contributed by atoms with E-state index < -0.39 is 0 Å². The van der Waals surface area contributed by atoms with Crippen molar-refractivity contribution in [1.82, 2.24) is 9.97 Å². The largest absolute Gasteiger partial charge is 0.469 e. The van der Waals surface area contributed by atoms with Gasteiger partial charge in [-0.1, -0.05) is 6.92 Å². The van der Waals surface area contributed by atoms with Gasteiger partial charge in [0.1, 0.15) is 23.2 Å². The van der Waals surface area contributed by atoms with Crippen LogP contribution in [0.25, 0.3) is 0 Å². The van der Waals surface area contributed by atoms with Gasteiger partial charge in [-0.3, -0.25) is 0 Å². The third kappa shape index (κ3) is 3.98. The number of furan rings is 1. The van der Waals surface area contributed by atoms with Gasteiger partial charge < -0.3 is 15.5 Å². The first-order chi connectivity index (χ1) is 9.17. The number of nitrogens with two attached hydrogens (primary N) is 1. The van der Waals surface area contributed by atoms with E-state index >= 15 is 0 Å². The molecule has 0 fully saturated rings. The van der Waals surface area contributed by atoms with Crippen LogP contribution in [0.1, 0.15) is 31.9 Å². The smallest absolute Gasteiger partial charge is 0.132 e. The Morgan fingerprint density at radius 1 is 1.42 bits per heavy atom. The molecule has 0 aliphatic rings. The predicted octanol–water partition coefficient (Wildman–Crippen LogP) is 2.65. The summed E-state index contributed by atoms with van der Waals surface area (Å²) in [5.74, 6) is 3.06. The molecule has 102 valence electrons. The zero-order chi connectivity index (χ0) is 13.7. The molecule has 2 aromatic heterocycles. The van der Waals surface area contributed by atoms with E-state index in [4.69, 9.17) is 10.2 Å². The van der Waals surface area contributed by atoms with Crippen LogP contribution in [0, 0.1) is 0 Å². The molecule has 0 aliphatic carbocycles. The number of nitrogens with one attached hydrogen (secondary N) is 1. The summed E-state index contributed by atoms with van der Waals surface area (Å²) in [6.07, 6.45) is 4.35. The maximum absolute atomic E-state index is 5.76. The van der Waals surface area contributed by atoms with Gasteiger partial charge >= 0.3 is 0 Å². The second-order valence-electron chi connectivity index (χ2n) is 4.61. The zero-order valence-corrected chi connectivity index (χ0v) is 11.4. The van der Waals surface area contributed by atoms with Crippen LogP contribution in [0.15, 0.2) is 28.9 Å². The molecular weight excluding hydrogens is 240 g/mol. The minimum Gasteiger partial charge on any atom is -0.469 e. The Morgan fingerprint density at radius 3 is 2.95 bits per heavy atom. The van der Waals surface area contributed by atoms with Gasteiger partial charge in [-0.2, -0.15) is 0 Å². The Balaban J connectivity index is 1.91. The van der Waals surface area contributed by atoms with Crippen molar-refractivity contribution < 1.29 is 4.42 Å². The van der Waals surface area contributed by atoms with E-state index in [0.717, 1.165) is 36.7 Å². The van der Waals surface area contributed by atoms with Crippen molar-refractivity contribution in [3.63, 3.8) is 0 Å². The summed E-state index contributed by atoms with van der Waals surface area (Å²) in [6.45, 7) is 4.13. The van der Waals surface area contributed by atoms with E-state index in [0.29, 0.717) is 11.9 Å². The maximum atomic E-state index is 5.76. The molecule has 19 heavy (non-hydrogen) atoms. The highest BCUT2D eigenvalue weighted by atomic mass is 16.3. The minimum atomic E-state index is 0.295. The van der Waals surface area contributed by atoms with E-state index in [2.05, 4.69) is 22.2 Å². The monoisotopic (exact) mass is 260 g/mol. The molecule has 0 bridgehead atoms. The SMILES string of the molecule is CCc1nc(N)cc(NC(C)CCc2ccco2)n1. The van der Waals surface area contributed by atoms with Crippen LogP contribution in [0.4, 0.5) is 11.6 Å². The molecule has 0 saturated carbocycles. The average Bonchev–Trinajstić information content (AvgIpc) is 2.88. The maximum Gasteiger partial charge on any atom is 0.132 e. The summed E-state index contributed by atoms with van der Waals surface area (Å²) in [6, 6.07) is 5.96. The van der Waals surface area contributed by atoms with Gasteiger partial charge in [0.25, 0.3) is 0 Å². The number of nitrogens with zero attached hydrogens (tertiary/aromatic N) is 2. The molecule has 0 aromatic carbocycles. The number of rotatable bonds is 6. The number of anilines is 2. The molecule has 2 rings (SSSR count). The second kappa shape index (κ2) is 6.22. The number of hydrogen-bond donors (Lipinski definition) is 2. The Hall–Kier alpha value is -2.04. The molecule has 0 aliphatic heterocycles. The van der Waals surface area contributed by atoms with Crippen molar-refractivity contribution in [2.75, 3.05) is 11.1 Å². The van der Waals surface area contributed by atoms with Crippen molar-refractivity contribution in [2.45, 2.75) is 39.2 Å². The molecule has 2 aromatic rings. The van der Waals surface area contributed by atoms with E-state index in [-0.39, 0.29) is 0 Å². The highest BCUT2D eigenvalue weighted by Gasteiger charge is 2.07. The lowest BCUT2D eigenvalue weighted by Gasteiger charge is -2.14. The fourth-order valence-corrected chi connectivity index (χ4v) is 1.89. The molecule has 0 radical (unpaired) electrons. The molecule has 5 heteroatoms. The molecule has 1 atom stereocenters. The van der Waals surface area contributed by atoms with Crippen LogP contribution in [-0.2, 0) is 12.8 Å². The Morgan fingerprint density at radius 2 is 2.26 bits per heavy atom. The Bertz CT molecular complexity index is 510. The lowest BCUT2D eigenvalue weighted by Crippen LogP contribution is -2.17. The van der Waals surface area contributed by atoms with Crippen LogP contribution in [-0.4, -0.2) is 16.0 Å². The predicted molar refractivity (Wildman–Crippen MR) is 75.9 cm³/mol. The van der Waals surface area contributed by atoms with Gasteiger partial charge in [0, 0.05) is 24.9 Å². The van der Waals surface area contributed by atoms with Crippen molar-refractivity contribution in [2.24, 2.45) is 0 Å². The van der Waals surface area contributed by atoms with Crippen molar-refractivity contribution in [3.8, 4) is 0 Å². The first-order valence-electron chi connectivity index (χ1n) is 6.59. The van der Waals surface area contributed by atoms with Crippen LogP contribution in [0.2, 0.25) is 0 Å². The summed E-state index contributed by atoms with van der Waals surface area (Å²) in [5.41, 5.74) is 5.76. The van der Waals surface area contributed by atoms with Crippen molar-refractivity contribution in [1.29, 1.82) is 0 Å². The summed E-state index contributed by atoms with van der Waals surface area (Å²) >= 11 is 0. The molecule has 0 amide bonds. The molecule has 1 unspecified atom stereocenters. The van der Waals surface area contributed by atoms with Gasteiger partial charge in [-0.25, -0.2) is 9.97 Å². The lowest BCUT2D eigenvalue weighted by atomic mass is 10.1. The molecule has 0 saturated heterocycles. The number of nitrogen functional groups attached to an aromatic ring is 1. The highest BCUT2D eigenvalue weighted by molar-refractivity contribution is 5.45. The van der Waals surface area contributed by atoms with E-state index in [1.165, 1.54) is 0 Å². The van der Waals surface area contributed by atoms with Gasteiger partial charge in [0.05, 0.1) is 6.26 Å². The van der Waals surface area contributed by atoms with Gasteiger partial charge in [0.15, 0.2) is 0 Å². The first kappa shape index (κ1) is 13.4. The molecule has 0 spiro atoms. The van der Waals surface area contributed by atoms with Crippen LogP contribution in [0.3, 0.4) is 0 Å². The zero-order valence-electron chi connectivity index (χ0n) is 11.4. The number of aromatic nitrogens is 2. The summed E-state index contributed by atoms with van der Waals surface area (Å²) in [5, 5.41) is 3.35. The topological polar surface area (TPSA) is 77.0 Å². The number of hydrogen-bond acceptors (Lipinski definition) is 5. The summed E-state index contributed by atoms with van der Waals surface area (Å²) < 4.78 is 5.32. The summed E-state index contributed by atoms with van der Waals surface area (Å²) in [7, 11) is 0. The van der Waals surface area contributed by atoms with Crippen LogP contribution >= 0.6 is 0 Å². The molecule has 5 nitrogen and oxygen atoms in total. The van der Waals surface area contributed by atoms with Crippen molar-refractivity contribution in [3.05, 3.63) is 36.0 Å². The number of aryl methyl sites for hydroxylation is 2. The van der Waals surface area contributed by atoms with Crippen molar-refractivity contribution >= 4 is 11.6 Å². The Labute approximate surface area is 113 Å². The average molecular weight is 260 g/mol. The first-order valence-corrected chi connectivity index (χ1v) is 6.59. The molecular formula is C14H20N4O. The normalized spacial score (nSPS) is 12.3. The minimum absolute atomic E-state index is 0.295. The van der Waals surface area contributed by atoms with E-state index in [9.17, 15) is 0 Å². The fourth-order valence-electron chi connectivity index (χ4n) is 1.89. The van der Waals surface area contributed by atoms with Gasteiger partial charge in [-0.05, 0) is 25.5 Å². The van der Waals surface area contributed by atoms with Crippen LogP contribution in [0.5, 0.6) is 0 Å². The lowest BCUT2D eigenvalue weighted by molar-refractivity contribution is 0.495. The fraction of sp³-hybridized carbons (Fsp3) is 0.429. The quantitative estimate of drug-likeness (QED) is 0.835. The molecule has 2 heterocycles. The van der Waals surface area contributed by atoms with Gasteiger partial charge in [-0.15, -0.1) is 0 Å². The van der Waals surface area contributed by atoms with Gasteiger partial charge in [0.2, 0.25) is 0 Å². The highest BCUT2D eigenvalue weighted by Crippen LogP contribution is 2.13. The third-order valence-corrected chi connectivity index (χ3v) is 2.91. The van der Waals surface area contributed by atoms with E-state index in [1.54, 1.807) is 12.3 Å². The molecule has 3 N–H and O–H groups in total. The summed E-state index contributed by atoms with van der Waals surface area (Å²) in [4.78, 5) is 8.57. The van der Waals surface area contributed by atoms with Crippen LogP contribution < -0.4 is 11.1 Å².